The number of nitrogens with one attached hydrogen (secondary N) is 1. The van der Waals surface area contributed by atoms with E-state index in [4.69, 9.17) is 9.47 Å². The van der Waals surface area contributed by atoms with Gasteiger partial charge in [0, 0.05) is 32.4 Å². The molecule has 1 atom stereocenters. The summed E-state index contributed by atoms with van der Waals surface area (Å²) in [6.07, 6.45) is 5.25. The molecule has 1 N–H and O–H groups in total. The first kappa shape index (κ1) is 27.6. The molecule has 10 heteroatoms. The van der Waals surface area contributed by atoms with Gasteiger partial charge in [0.05, 0.1) is 5.52 Å². The van der Waals surface area contributed by atoms with Crippen molar-refractivity contribution in [2.75, 3.05) is 25.8 Å². The lowest BCUT2D eigenvalue weighted by molar-refractivity contribution is -0.142. The minimum atomic E-state index is -0.851. The van der Waals surface area contributed by atoms with E-state index in [2.05, 4.69) is 15.6 Å². The van der Waals surface area contributed by atoms with Crippen molar-refractivity contribution in [1.82, 2.24) is 25.2 Å². The lowest BCUT2D eigenvalue weighted by Gasteiger charge is -2.34. The van der Waals surface area contributed by atoms with Crippen LogP contribution >= 0.6 is 0 Å². The maximum Gasteiger partial charge on any atom is 0.247 e. The third-order valence-corrected chi connectivity index (χ3v) is 8.05. The molecule has 0 spiro atoms. The molecular formula is C32H36N6O4. The Morgan fingerprint density at radius 3 is 2.52 bits per heavy atom. The summed E-state index contributed by atoms with van der Waals surface area (Å²) in [6.45, 7) is 0.291. The van der Waals surface area contributed by atoms with E-state index in [-0.39, 0.29) is 37.7 Å². The normalized spacial score (nSPS) is 15.4. The quantitative estimate of drug-likeness (QED) is 0.318. The van der Waals surface area contributed by atoms with Gasteiger partial charge >= 0.3 is 0 Å². The fourth-order valence-electron chi connectivity index (χ4n) is 5.77. The van der Waals surface area contributed by atoms with Gasteiger partial charge in [-0.1, -0.05) is 54.8 Å². The van der Waals surface area contributed by atoms with Gasteiger partial charge < -0.3 is 24.6 Å². The van der Waals surface area contributed by atoms with Crippen LogP contribution in [0.15, 0.2) is 66.7 Å². The van der Waals surface area contributed by atoms with E-state index in [1.54, 1.807) is 9.58 Å². The molecule has 1 saturated carbocycles. The van der Waals surface area contributed by atoms with E-state index >= 15 is 0 Å². The van der Waals surface area contributed by atoms with Crippen LogP contribution in [-0.2, 0) is 22.7 Å². The van der Waals surface area contributed by atoms with Crippen molar-refractivity contribution in [3.63, 3.8) is 0 Å². The number of fused-ring (bicyclic) bond motifs is 2. The SMILES string of the molecule is CN(C)c1ccc([C@H](C(=O)NC2CCCCC2)N(Cc2ccc3c(c2)OCO3)C(=O)Cn2nnc3ccccc32)cc1. The summed E-state index contributed by atoms with van der Waals surface area (Å²) in [4.78, 5) is 32.1. The Kier molecular flexibility index (Phi) is 7.94. The zero-order chi connectivity index (χ0) is 29.1. The number of hydrogen-bond acceptors (Lipinski definition) is 7. The maximum absolute atomic E-state index is 14.3. The fraction of sp³-hybridized carbons (Fsp3) is 0.375. The van der Waals surface area contributed by atoms with Crippen LogP contribution in [0, 0.1) is 0 Å². The highest BCUT2D eigenvalue weighted by Crippen LogP contribution is 2.34. The van der Waals surface area contributed by atoms with Gasteiger partial charge in [-0.15, -0.1) is 5.10 Å². The lowest BCUT2D eigenvalue weighted by Crippen LogP contribution is -2.47. The second-order valence-electron chi connectivity index (χ2n) is 11.2. The van der Waals surface area contributed by atoms with Gasteiger partial charge in [0.25, 0.3) is 0 Å². The molecule has 0 saturated heterocycles. The summed E-state index contributed by atoms with van der Waals surface area (Å²) in [6, 6.07) is 20.2. The van der Waals surface area contributed by atoms with Crippen LogP contribution in [0.4, 0.5) is 5.69 Å². The molecule has 218 valence electrons. The van der Waals surface area contributed by atoms with Crippen LogP contribution in [0.2, 0.25) is 0 Å². The summed E-state index contributed by atoms with van der Waals surface area (Å²) < 4.78 is 12.7. The third kappa shape index (κ3) is 5.88. The molecule has 4 aromatic rings. The van der Waals surface area contributed by atoms with Crippen LogP contribution in [-0.4, -0.2) is 58.6 Å². The second kappa shape index (κ2) is 12.1. The summed E-state index contributed by atoms with van der Waals surface area (Å²) >= 11 is 0. The number of aromatic nitrogens is 3. The van der Waals surface area contributed by atoms with E-state index in [1.807, 2.05) is 85.7 Å². The Morgan fingerprint density at radius 1 is 0.976 bits per heavy atom. The van der Waals surface area contributed by atoms with Crippen LogP contribution < -0.4 is 19.7 Å². The van der Waals surface area contributed by atoms with Crippen LogP contribution in [0.3, 0.4) is 0 Å². The van der Waals surface area contributed by atoms with Gasteiger partial charge in [-0.2, -0.15) is 0 Å². The molecule has 2 heterocycles. The first-order valence-electron chi connectivity index (χ1n) is 14.5. The Labute approximate surface area is 245 Å². The zero-order valence-corrected chi connectivity index (χ0v) is 24.0. The molecular weight excluding hydrogens is 532 g/mol. The van der Waals surface area contributed by atoms with Crippen molar-refractivity contribution in [1.29, 1.82) is 0 Å². The number of para-hydroxylation sites is 1. The van der Waals surface area contributed by atoms with Crippen LogP contribution in [0.25, 0.3) is 11.0 Å². The van der Waals surface area contributed by atoms with Gasteiger partial charge in [0.2, 0.25) is 18.6 Å². The molecule has 1 fully saturated rings. The largest absolute Gasteiger partial charge is 0.454 e. The minimum absolute atomic E-state index is 0.0615. The minimum Gasteiger partial charge on any atom is -0.454 e. The van der Waals surface area contributed by atoms with E-state index in [0.29, 0.717) is 17.0 Å². The lowest BCUT2D eigenvalue weighted by atomic mass is 9.94. The number of nitrogens with zero attached hydrogens (tertiary/aromatic N) is 5. The molecule has 10 nitrogen and oxygen atoms in total. The van der Waals surface area contributed by atoms with E-state index < -0.39 is 6.04 Å². The summed E-state index contributed by atoms with van der Waals surface area (Å²) in [5, 5.41) is 11.8. The van der Waals surface area contributed by atoms with E-state index in [0.717, 1.165) is 48.0 Å². The molecule has 42 heavy (non-hydrogen) atoms. The predicted octanol–water partition coefficient (Wildman–Crippen LogP) is 4.45. The third-order valence-electron chi connectivity index (χ3n) is 8.05. The van der Waals surface area contributed by atoms with Crippen LogP contribution in [0.1, 0.15) is 49.3 Å². The fourth-order valence-corrected chi connectivity index (χ4v) is 5.77. The first-order valence-corrected chi connectivity index (χ1v) is 14.5. The Bertz CT molecular complexity index is 1560. The Morgan fingerprint density at radius 2 is 1.74 bits per heavy atom. The van der Waals surface area contributed by atoms with Gasteiger partial charge in [-0.05, 0) is 60.4 Å². The average molecular weight is 569 g/mol. The van der Waals surface area contributed by atoms with Crippen molar-refractivity contribution in [2.24, 2.45) is 0 Å². The van der Waals surface area contributed by atoms with Crippen LogP contribution in [0.5, 0.6) is 11.5 Å². The Balaban J connectivity index is 1.38. The monoisotopic (exact) mass is 568 g/mol. The highest BCUT2D eigenvalue weighted by atomic mass is 16.7. The predicted molar refractivity (Wildman–Crippen MR) is 159 cm³/mol. The van der Waals surface area contributed by atoms with E-state index in [1.165, 1.54) is 6.42 Å². The molecule has 0 radical (unpaired) electrons. The molecule has 6 rings (SSSR count). The summed E-state index contributed by atoms with van der Waals surface area (Å²) in [5.41, 5.74) is 4.04. The molecule has 2 amide bonds. The highest BCUT2D eigenvalue weighted by molar-refractivity contribution is 5.89. The number of carbonyl (C=O) groups excluding carboxylic acids is 2. The molecule has 1 aromatic heterocycles. The number of benzene rings is 3. The smallest absolute Gasteiger partial charge is 0.247 e. The molecule has 2 aliphatic rings. The molecule has 0 unspecified atom stereocenters. The number of carbonyl (C=O) groups is 2. The van der Waals surface area contributed by atoms with Gasteiger partial charge in [0.15, 0.2) is 11.5 Å². The highest BCUT2D eigenvalue weighted by Gasteiger charge is 2.34. The summed E-state index contributed by atoms with van der Waals surface area (Å²) in [5.74, 6) is 0.859. The standard InChI is InChI=1S/C32H36N6O4/c1-36(2)25-15-13-23(14-16-25)31(32(40)33-24-8-4-3-5-9-24)37(19-22-12-17-28-29(18-22)42-21-41-28)30(39)20-38-27-11-7-6-10-26(27)34-35-38/h6-7,10-18,24,31H,3-5,8-9,19-21H2,1-2H3,(H,33,40)/t31-/m1/s1. The number of rotatable bonds is 9. The number of amides is 2. The van der Waals surface area contributed by atoms with Crippen molar-refractivity contribution in [3.05, 3.63) is 77.9 Å². The van der Waals surface area contributed by atoms with Gasteiger partial charge in [0.1, 0.15) is 18.1 Å². The first-order chi connectivity index (χ1) is 20.5. The number of anilines is 1. The zero-order valence-electron chi connectivity index (χ0n) is 24.0. The van der Waals surface area contributed by atoms with Crippen molar-refractivity contribution < 1.29 is 19.1 Å². The van der Waals surface area contributed by atoms with Crippen molar-refractivity contribution in [2.45, 2.75) is 57.3 Å². The molecule has 1 aliphatic carbocycles. The molecule has 3 aromatic carbocycles. The second-order valence-corrected chi connectivity index (χ2v) is 11.2. The average Bonchev–Trinajstić information content (AvgIpc) is 3.64. The number of hydrogen-bond donors (Lipinski definition) is 1. The molecule has 1 aliphatic heterocycles. The Hall–Kier alpha value is -4.60. The van der Waals surface area contributed by atoms with Crippen molar-refractivity contribution >= 4 is 28.5 Å². The summed E-state index contributed by atoms with van der Waals surface area (Å²) in [7, 11) is 3.94. The van der Waals surface area contributed by atoms with Gasteiger partial charge in [-0.25, -0.2) is 4.68 Å². The topological polar surface area (TPSA) is 102 Å². The maximum atomic E-state index is 14.3. The van der Waals surface area contributed by atoms with Crippen molar-refractivity contribution in [3.8, 4) is 11.5 Å². The molecule has 0 bridgehead atoms. The van der Waals surface area contributed by atoms with Gasteiger partial charge in [-0.3, -0.25) is 9.59 Å². The van der Waals surface area contributed by atoms with E-state index in [9.17, 15) is 9.59 Å². The number of ether oxygens (including phenoxy) is 2.